The number of halogens is 2. The number of aromatic nitrogens is 2. The molecule has 1 fully saturated rings. The Morgan fingerprint density at radius 2 is 2.03 bits per heavy atom. The normalized spacial score (nSPS) is 16.2. The summed E-state index contributed by atoms with van der Waals surface area (Å²) < 4.78 is 5.21. The standard InChI is InChI=1S/C26H26N6O3S.2ClH/c1-35-23-5-3-18-24(31-23)19(6-10-28-18)30-25(34)26(16-27)8-12-32(13-9-26)11-7-17-2-4-21-20(14-17)29-22(33)15-36-21;;/h2-6,10,14H,7-9,11-13,15H2,1H3,(H,29,33)(H,28,30,34);2*1H. The van der Waals surface area contributed by atoms with E-state index in [4.69, 9.17) is 4.74 Å². The van der Waals surface area contributed by atoms with Crippen molar-refractivity contribution in [2.75, 3.05) is 43.1 Å². The molecule has 12 heteroatoms. The first-order valence-corrected chi connectivity index (χ1v) is 12.8. The lowest BCUT2D eigenvalue weighted by Gasteiger charge is -2.36. The molecule has 4 heterocycles. The van der Waals surface area contributed by atoms with Crippen LogP contribution >= 0.6 is 36.6 Å². The van der Waals surface area contributed by atoms with Gasteiger partial charge >= 0.3 is 0 Å². The number of likely N-dealkylation sites (tertiary alicyclic amines) is 1. The fourth-order valence-electron chi connectivity index (χ4n) is 4.58. The van der Waals surface area contributed by atoms with E-state index in [0.29, 0.717) is 54.3 Å². The maximum Gasteiger partial charge on any atom is 0.245 e. The molecule has 0 atom stereocenters. The molecule has 38 heavy (non-hydrogen) atoms. The number of ether oxygens (including phenoxy) is 1. The largest absolute Gasteiger partial charge is 0.481 e. The van der Waals surface area contributed by atoms with Gasteiger partial charge in [-0.2, -0.15) is 5.26 Å². The summed E-state index contributed by atoms with van der Waals surface area (Å²) in [5.41, 5.74) is 2.60. The van der Waals surface area contributed by atoms with E-state index in [0.717, 1.165) is 29.1 Å². The lowest BCUT2D eigenvalue weighted by atomic mass is 9.78. The number of nitrogens with zero attached hydrogens (tertiary/aromatic N) is 4. The van der Waals surface area contributed by atoms with Gasteiger partial charge in [0.05, 0.1) is 35.8 Å². The first-order valence-electron chi connectivity index (χ1n) is 11.8. The highest BCUT2D eigenvalue weighted by Gasteiger charge is 2.42. The van der Waals surface area contributed by atoms with Gasteiger partial charge in [-0.1, -0.05) is 6.07 Å². The zero-order valence-corrected chi connectivity index (χ0v) is 23.2. The van der Waals surface area contributed by atoms with Crippen LogP contribution in [0.2, 0.25) is 0 Å². The van der Waals surface area contributed by atoms with Crippen molar-refractivity contribution in [1.29, 1.82) is 5.26 Å². The topological polar surface area (TPSA) is 120 Å². The summed E-state index contributed by atoms with van der Waals surface area (Å²) in [6, 6.07) is 13.7. The molecule has 2 aliphatic rings. The number of hydrogen-bond donors (Lipinski definition) is 2. The number of thioether (sulfide) groups is 1. The Morgan fingerprint density at radius 3 is 2.76 bits per heavy atom. The predicted octanol–water partition coefficient (Wildman–Crippen LogP) is 4.31. The number of rotatable bonds is 6. The number of pyridine rings is 2. The second kappa shape index (κ2) is 12.6. The summed E-state index contributed by atoms with van der Waals surface area (Å²) in [6.07, 6.45) is 3.34. The summed E-state index contributed by atoms with van der Waals surface area (Å²) in [5, 5.41) is 15.9. The van der Waals surface area contributed by atoms with Gasteiger partial charge in [-0.05, 0) is 49.1 Å². The van der Waals surface area contributed by atoms with Crippen LogP contribution in [0.25, 0.3) is 11.0 Å². The average Bonchev–Trinajstić information content (AvgIpc) is 2.91. The molecule has 0 radical (unpaired) electrons. The molecule has 0 aliphatic carbocycles. The third kappa shape index (κ3) is 6.13. The van der Waals surface area contributed by atoms with Crippen LogP contribution in [0.1, 0.15) is 18.4 Å². The number of methoxy groups -OCH3 is 1. The minimum atomic E-state index is -1.10. The van der Waals surface area contributed by atoms with Gasteiger partial charge in [0.25, 0.3) is 0 Å². The highest BCUT2D eigenvalue weighted by Crippen LogP contribution is 2.34. The molecule has 0 spiro atoms. The Labute approximate surface area is 237 Å². The molecule has 3 aromatic rings. The Bertz CT molecular complexity index is 1370. The Balaban J connectivity index is 0.00000200. The van der Waals surface area contributed by atoms with E-state index in [1.807, 2.05) is 6.07 Å². The molecule has 9 nitrogen and oxygen atoms in total. The van der Waals surface area contributed by atoms with Crippen molar-refractivity contribution >= 4 is 70.8 Å². The lowest BCUT2D eigenvalue weighted by molar-refractivity contribution is -0.125. The third-order valence-electron chi connectivity index (χ3n) is 6.77. The Hall–Kier alpha value is -3.10. The van der Waals surface area contributed by atoms with Crippen molar-refractivity contribution in [3.05, 3.63) is 48.2 Å². The highest BCUT2D eigenvalue weighted by molar-refractivity contribution is 8.00. The van der Waals surface area contributed by atoms with Gasteiger partial charge in [-0.25, -0.2) is 4.98 Å². The number of carbonyl (C=O) groups excluding carboxylic acids is 2. The van der Waals surface area contributed by atoms with Gasteiger partial charge in [0, 0.05) is 36.8 Å². The zero-order valence-electron chi connectivity index (χ0n) is 20.7. The highest BCUT2D eigenvalue weighted by atomic mass is 35.5. The van der Waals surface area contributed by atoms with Gasteiger partial charge in [-0.3, -0.25) is 14.6 Å². The predicted molar refractivity (Wildman–Crippen MR) is 152 cm³/mol. The number of benzene rings is 1. The molecule has 2 amide bonds. The number of nitrogens with one attached hydrogen (secondary N) is 2. The number of amides is 2. The van der Waals surface area contributed by atoms with Gasteiger partial charge in [0.1, 0.15) is 10.9 Å². The summed E-state index contributed by atoms with van der Waals surface area (Å²) in [5.74, 6) is 0.594. The molecule has 1 saturated heterocycles. The first kappa shape index (κ1) is 29.5. The third-order valence-corrected chi connectivity index (χ3v) is 7.84. The summed E-state index contributed by atoms with van der Waals surface area (Å²) in [6.45, 7) is 2.13. The molecule has 0 unspecified atom stereocenters. The number of fused-ring (bicyclic) bond motifs is 2. The average molecular weight is 576 g/mol. The fourth-order valence-corrected chi connectivity index (χ4v) is 5.37. The van der Waals surface area contributed by atoms with Gasteiger partial charge in [0.2, 0.25) is 17.7 Å². The summed E-state index contributed by atoms with van der Waals surface area (Å²) >= 11 is 1.55. The van der Waals surface area contributed by atoms with Crippen LogP contribution in [0.4, 0.5) is 11.4 Å². The van der Waals surface area contributed by atoms with Crippen molar-refractivity contribution in [3.8, 4) is 11.9 Å². The molecule has 2 N–H and O–H groups in total. The molecular weight excluding hydrogens is 547 g/mol. The van der Waals surface area contributed by atoms with Crippen LogP contribution in [0.5, 0.6) is 5.88 Å². The van der Waals surface area contributed by atoms with E-state index in [-0.39, 0.29) is 36.6 Å². The van der Waals surface area contributed by atoms with E-state index in [2.05, 4.69) is 43.7 Å². The van der Waals surface area contributed by atoms with Crippen LogP contribution in [0, 0.1) is 16.7 Å². The number of hydrogen-bond acceptors (Lipinski definition) is 8. The fraction of sp³-hybridized carbons (Fsp3) is 0.346. The molecule has 2 aliphatic heterocycles. The second-order valence-electron chi connectivity index (χ2n) is 8.99. The molecular formula is C26H28Cl2N6O3S. The van der Waals surface area contributed by atoms with E-state index >= 15 is 0 Å². The smallest absolute Gasteiger partial charge is 0.245 e. The van der Waals surface area contributed by atoms with Crippen molar-refractivity contribution < 1.29 is 14.3 Å². The van der Waals surface area contributed by atoms with Crippen LogP contribution in [-0.4, -0.2) is 59.2 Å². The molecule has 1 aromatic carbocycles. The number of piperidine rings is 1. The van der Waals surface area contributed by atoms with Crippen molar-refractivity contribution in [1.82, 2.24) is 14.9 Å². The molecule has 200 valence electrons. The first-order chi connectivity index (χ1) is 17.5. The van der Waals surface area contributed by atoms with E-state index in [1.165, 1.54) is 7.11 Å². The monoisotopic (exact) mass is 574 g/mol. The van der Waals surface area contributed by atoms with Gasteiger partial charge < -0.3 is 20.3 Å². The molecule has 0 saturated carbocycles. The Kier molecular flexibility index (Phi) is 9.79. The maximum absolute atomic E-state index is 13.3. The van der Waals surface area contributed by atoms with E-state index < -0.39 is 5.41 Å². The van der Waals surface area contributed by atoms with Crippen LogP contribution < -0.4 is 15.4 Å². The summed E-state index contributed by atoms with van der Waals surface area (Å²) in [7, 11) is 1.53. The molecule has 0 bridgehead atoms. The summed E-state index contributed by atoms with van der Waals surface area (Å²) in [4.78, 5) is 37.1. The van der Waals surface area contributed by atoms with Crippen LogP contribution in [0.15, 0.2) is 47.5 Å². The lowest BCUT2D eigenvalue weighted by Crippen LogP contribution is -2.46. The minimum Gasteiger partial charge on any atom is -0.481 e. The van der Waals surface area contributed by atoms with Crippen molar-refractivity contribution in [2.45, 2.75) is 24.2 Å². The second-order valence-corrected chi connectivity index (χ2v) is 10.0. The Morgan fingerprint density at radius 1 is 1.24 bits per heavy atom. The van der Waals surface area contributed by atoms with Gasteiger partial charge in [-0.15, -0.1) is 36.6 Å². The van der Waals surface area contributed by atoms with Crippen LogP contribution in [-0.2, 0) is 16.0 Å². The number of carbonyl (C=O) groups is 2. The maximum atomic E-state index is 13.3. The van der Waals surface area contributed by atoms with E-state index in [1.54, 1.807) is 36.2 Å². The van der Waals surface area contributed by atoms with Crippen molar-refractivity contribution in [3.63, 3.8) is 0 Å². The van der Waals surface area contributed by atoms with E-state index in [9.17, 15) is 14.9 Å². The molecule has 5 rings (SSSR count). The quantitative estimate of drug-likeness (QED) is 0.446. The number of anilines is 2. The number of nitriles is 1. The zero-order chi connectivity index (χ0) is 25.1. The van der Waals surface area contributed by atoms with Crippen LogP contribution in [0.3, 0.4) is 0 Å². The van der Waals surface area contributed by atoms with Crippen molar-refractivity contribution in [2.24, 2.45) is 5.41 Å². The van der Waals surface area contributed by atoms with Gasteiger partial charge in [0.15, 0.2) is 0 Å². The molecule has 2 aromatic heterocycles. The SMILES string of the molecule is COc1ccc2nccc(NC(=O)C3(C#N)CCN(CCc4ccc5c(c4)NC(=O)CS5)CC3)c2n1.Cl.Cl. The minimum absolute atomic E-state index is 0.